The van der Waals surface area contributed by atoms with Crippen molar-refractivity contribution in [1.82, 2.24) is 5.32 Å². The Morgan fingerprint density at radius 1 is 0.436 bits per heavy atom. The minimum Gasteiger partial charge on any atom is -0.481 e. The second-order valence-corrected chi connectivity index (χ2v) is 11.2. The fourth-order valence-electron chi connectivity index (χ4n) is 3.98. The Kier molecular flexibility index (Phi) is 35.5. The van der Waals surface area contributed by atoms with Crippen LogP contribution in [-0.2, 0) is 71.2 Å². The van der Waals surface area contributed by atoms with Gasteiger partial charge < -0.3 is 67.3 Å². The van der Waals surface area contributed by atoms with Crippen molar-refractivity contribution in [3.8, 4) is 0 Å². The molecule has 18 nitrogen and oxygen atoms in total. The van der Waals surface area contributed by atoms with E-state index in [-0.39, 0.29) is 37.5 Å². The summed E-state index contributed by atoms with van der Waals surface area (Å²) in [7, 11) is 0. The molecule has 0 heterocycles. The van der Waals surface area contributed by atoms with Crippen molar-refractivity contribution < 1.29 is 81.1 Å². The Bertz CT molecular complexity index is 1070. The molecule has 316 valence electrons. The Morgan fingerprint density at radius 2 is 0.764 bits per heavy atom. The van der Waals surface area contributed by atoms with Gasteiger partial charge in [0.1, 0.15) is 6.61 Å². The molecule has 0 aliphatic carbocycles. The molecule has 0 unspecified atom stereocenters. The Balaban J connectivity index is 1.65. The molecule has 1 aromatic rings. The highest BCUT2D eigenvalue weighted by Gasteiger charge is 2.17. The number of carbonyl (C=O) groups excluding carboxylic acids is 3. The van der Waals surface area contributed by atoms with Crippen molar-refractivity contribution in [2.24, 2.45) is 0 Å². The summed E-state index contributed by atoms with van der Waals surface area (Å²) in [5.41, 5.74) is 0.288. The molecule has 1 rings (SSSR count). The average molecular weight is 792 g/mol. The number of hydrogen-bond donors (Lipinski definition) is 2. The third-order valence-corrected chi connectivity index (χ3v) is 6.76. The summed E-state index contributed by atoms with van der Waals surface area (Å²) in [6.07, 6.45) is 0.454. The normalized spacial score (nSPS) is 11.1. The van der Waals surface area contributed by atoms with Crippen LogP contribution in [0, 0.1) is 0 Å². The van der Waals surface area contributed by atoms with Crippen LogP contribution in [0.5, 0.6) is 0 Å². The highest BCUT2D eigenvalue weighted by Crippen LogP contribution is 2.01. The topological polar surface area (TPSA) is 211 Å². The molecule has 1 aromatic carbocycles. The monoisotopic (exact) mass is 791 g/mol. The molecule has 0 saturated carbocycles. The zero-order valence-corrected chi connectivity index (χ0v) is 32.0. The van der Waals surface area contributed by atoms with Crippen molar-refractivity contribution in [2.45, 2.75) is 19.3 Å². The van der Waals surface area contributed by atoms with E-state index < -0.39 is 17.7 Å². The second-order valence-electron chi connectivity index (χ2n) is 11.2. The summed E-state index contributed by atoms with van der Waals surface area (Å²) < 4.78 is 64.7. The Hall–Kier alpha value is -3.14. The lowest BCUT2D eigenvalue weighted by atomic mass is 10.1. The number of rotatable bonds is 42. The van der Waals surface area contributed by atoms with Gasteiger partial charge in [0.2, 0.25) is 5.91 Å². The number of nitrogens with one attached hydrogen (secondary N) is 1. The first-order valence-electron chi connectivity index (χ1n) is 18.6. The maximum atomic E-state index is 11.9. The molecule has 0 saturated heterocycles. The second kappa shape index (κ2) is 39.1. The average Bonchev–Trinajstić information content (AvgIpc) is 3.19. The van der Waals surface area contributed by atoms with Gasteiger partial charge in [-0.15, -0.1) is 0 Å². The van der Waals surface area contributed by atoms with E-state index in [1.54, 1.807) is 30.3 Å². The SMILES string of the molecule is O=C(O)CCC(=O)NCCCOCCOCCOCCOCCOCCOCCOCCOCCOCCOCCOCCOC(=O)C(=O)c1ccccc1. The van der Waals surface area contributed by atoms with Crippen LogP contribution in [0.3, 0.4) is 0 Å². The first kappa shape index (κ1) is 49.9. The standard InChI is InChI=1S/C37H61NO17/c39-34(7-8-35(40)41)38-9-4-10-44-11-12-45-13-14-46-15-16-47-17-18-48-19-20-49-21-22-50-23-24-51-25-26-52-27-28-53-29-30-54-31-32-55-37(43)36(42)33-5-2-1-3-6-33/h1-3,5-6H,4,7-32H2,(H,38,39)(H,40,41). The van der Waals surface area contributed by atoms with Crippen LogP contribution in [0.25, 0.3) is 0 Å². The largest absolute Gasteiger partial charge is 0.481 e. The van der Waals surface area contributed by atoms with E-state index in [1.807, 2.05) is 0 Å². The molecule has 0 radical (unpaired) electrons. The minimum absolute atomic E-state index is 0.0118. The minimum atomic E-state index is -0.989. The van der Waals surface area contributed by atoms with Crippen molar-refractivity contribution in [1.29, 1.82) is 0 Å². The van der Waals surface area contributed by atoms with E-state index >= 15 is 0 Å². The molecular weight excluding hydrogens is 730 g/mol. The van der Waals surface area contributed by atoms with Gasteiger partial charge in [0, 0.05) is 25.1 Å². The molecule has 18 heteroatoms. The van der Waals surface area contributed by atoms with Gasteiger partial charge >= 0.3 is 11.9 Å². The molecule has 2 N–H and O–H groups in total. The number of ketones is 1. The van der Waals surface area contributed by atoms with Gasteiger partial charge in [-0.2, -0.15) is 0 Å². The van der Waals surface area contributed by atoms with E-state index in [0.29, 0.717) is 152 Å². The van der Waals surface area contributed by atoms with Crippen molar-refractivity contribution >= 4 is 23.6 Å². The maximum absolute atomic E-state index is 11.9. The summed E-state index contributed by atoms with van der Waals surface area (Å²) in [6.45, 7) is 9.91. The number of ether oxygens (including phenoxy) is 12. The molecule has 0 aliphatic rings. The van der Waals surface area contributed by atoms with Crippen molar-refractivity contribution in [2.75, 3.05) is 159 Å². The van der Waals surface area contributed by atoms with E-state index in [4.69, 9.17) is 61.9 Å². The first-order chi connectivity index (χ1) is 27.0. The van der Waals surface area contributed by atoms with E-state index in [1.165, 1.54) is 0 Å². The molecule has 0 fully saturated rings. The van der Waals surface area contributed by atoms with Gasteiger partial charge in [-0.25, -0.2) is 4.79 Å². The predicted molar refractivity (Wildman–Crippen MR) is 195 cm³/mol. The number of esters is 1. The Labute approximate surface area is 323 Å². The third kappa shape index (κ3) is 35.0. The van der Waals surface area contributed by atoms with Crippen LogP contribution in [0.15, 0.2) is 30.3 Å². The lowest BCUT2D eigenvalue weighted by molar-refractivity contribution is -0.140. The Morgan fingerprint density at radius 3 is 1.11 bits per heavy atom. The summed E-state index contributed by atoms with van der Waals surface area (Å²) in [6, 6.07) is 8.23. The van der Waals surface area contributed by atoms with Crippen LogP contribution < -0.4 is 5.32 Å². The van der Waals surface area contributed by atoms with Crippen LogP contribution in [-0.4, -0.2) is 187 Å². The van der Waals surface area contributed by atoms with E-state index in [9.17, 15) is 19.2 Å². The van der Waals surface area contributed by atoms with Crippen LogP contribution in [0.2, 0.25) is 0 Å². The summed E-state index contributed by atoms with van der Waals surface area (Å²) in [4.78, 5) is 45.4. The first-order valence-corrected chi connectivity index (χ1v) is 18.6. The van der Waals surface area contributed by atoms with Gasteiger partial charge in [0.25, 0.3) is 5.78 Å². The fourth-order valence-corrected chi connectivity index (χ4v) is 3.98. The number of carbonyl (C=O) groups is 4. The highest BCUT2D eigenvalue weighted by atomic mass is 16.6. The molecule has 0 aromatic heterocycles. The number of aliphatic carboxylic acids is 1. The van der Waals surface area contributed by atoms with Gasteiger partial charge in [0.05, 0.1) is 145 Å². The fraction of sp³-hybridized carbons (Fsp3) is 0.730. The highest BCUT2D eigenvalue weighted by molar-refractivity contribution is 6.40. The van der Waals surface area contributed by atoms with Crippen molar-refractivity contribution in [3.05, 3.63) is 35.9 Å². The number of carboxylic acids is 1. The molecular formula is C37H61NO17. The van der Waals surface area contributed by atoms with Crippen LogP contribution >= 0.6 is 0 Å². The summed E-state index contributed by atoms with van der Waals surface area (Å²) >= 11 is 0. The number of benzene rings is 1. The quantitative estimate of drug-likeness (QED) is 0.0409. The van der Waals surface area contributed by atoms with Gasteiger partial charge in [0.15, 0.2) is 0 Å². The smallest absolute Gasteiger partial charge is 0.379 e. The summed E-state index contributed by atoms with van der Waals surface area (Å²) in [5, 5.41) is 11.2. The zero-order chi connectivity index (χ0) is 39.7. The van der Waals surface area contributed by atoms with Crippen molar-refractivity contribution in [3.63, 3.8) is 0 Å². The third-order valence-electron chi connectivity index (χ3n) is 6.76. The molecule has 0 atom stereocenters. The molecule has 0 aliphatic heterocycles. The van der Waals surface area contributed by atoms with Gasteiger partial charge in [-0.05, 0) is 6.42 Å². The molecule has 55 heavy (non-hydrogen) atoms. The zero-order valence-electron chi connectivity index (χ0n) is 32.0. The lowest BCUT2D eigenvalue weighted by Crippen LogP contribution is -2.25. The predicted octanol–water partition coefficient (Wildman–Crippen LogP) is 0.966. The lowest BCUT2D eigenvalue weighted by Gasteiger charge is -2.09. The maximum Gasteiger partial charge on any atom is 0.379 e. The number of Topliss-reactive ketones (excluding diaryl/α,β-unsaturated/α-hetero) is 1. The van der Waals surface area contributed by atoms with Gasteiger partial charge in [-0.3, -0.25) is 14.4 Å². The number of carboxylic acid groups (broad SMARTS) is 1. The molecule has 1 amide bonds. The van der Waals surface area contributed by atoms with Crippen LogP contribution in [0.4, 0.5) is 0 Å². The summed E-state index contributed by atoms with van der Waals surface area (Å²) in [5.74, 6) is -2.85. The number of amides is 1. The number of hydrogen-bond acceptors (Lipinski definition) is 16. The van der Waals surface area contributed by atoms with Gasteiger partial charge in [-0.1, -0.05) is 30.3 Å². The molecule has 0 spiro atoms. The van der Waals surface area contributed by atoms with E-state index in [0.717, 1.165) is 0 Å². The van der Waals surface area contributed by atoms with Crippen LogP contribution in [0.1, 0.15) is 29.6 Å². The molecule has 0 bridgehead atoms. The van der Waals surface area contributed by atoms with E-state index in [2.05, 4.69) is 5.32 Å².